The second-order valence-electron chi connectivity index (χ2n) is 3.38. The predicted octanol–water partition coefficient (Wildman–Crippen LogP) is 0.483. The lowest BCUT2D eigenvalue weighted by Crippen LogP contribution is -1.99. The van der Waals surface area contributed by atoms with Crippen molar-refractivity contribution in [3.63, 3.8) is 0 Å². The van der Waals surface area contributed by atoms with Crippen molar-refractivity contribution >= 4 is 18.6 Å². The van der Waals surface area contributed by atoms with Crippen LogP contribution >= 0.6 is 12.4 Å². The van der Waals surface area contributed by atoms with E-state index in [4.69, 9.17) is 5.11 Å². The number of nitrogens with zero attached hydrogens (tertiary/aromatic N) is 5. The van der Waals surface area contributed by atoms with Gasteiger partial charge in [-0.15, -0.1) is 22.6 Å². The molecule has 0 aliphatic heterocycles. The second kappa shape index (κ2) is 6.08. The van der Waals surface area contributed by atoms with Crippen molar-refractivity contribution in [1.82, 2.24) is 19.9 Å². The molecule has 96 valence electrons. The van der Waals surface area contributed by atoms with Crippen molar-refractivity contribution in [3.8, 4) is 5.75 Å². The number of aliphatic hydroxyl groups is 1. The van der Waals surface area contributed by atoms with E-state index >= 15 is 0 Å². The molecule has 0 spiro atoms. The van der Waals surface area contributed by atoms with E-state index in [1.807, 2.05) is 0 Å². The molecule has 0 atom stereocenters. The summed E-state index contributed by atoms with van der Waals surface area (Å²) in [6, 6.07) is 0. The Kier molecular flexibility index (Phi) is 4.75. The fraction of sp³-hybridized carbons (Fsp3) is 0.200. The molecule has 2 rings (SSSR count). The number of aliphatic hydroxyl groups excluding tert-OH is 1. The van der Waals surface area contributed by atoms with Crippen molar-refractivity contribution in [3.05, 3.63) is 35.7 Å². The topological polar surface area (TPSA) is 96.4 Å². The Balaban J connectivity index is 0.00000162. The van der Waals surface area contributed by atoms with Crippen molar-refractivity contribution in [2.75, 3.05) is 0 Å². The molecule has 0 saturated heterocycles. The predicted molar refractivity (Wildman–Crippen MR) is 66.8 cm³/mol. The van der Waals surface area contributed by atoms with Gasteiger partial charge in [-0.05, 0) is 6.92 Å². The summed E-state index contributed by atoms with van der Waals surface area (Å²) >= 11 is 0. The Morgan fingerprint density at radius 1 is 1.39 bits per heavy atom. The van der Waals surface area contributed by atoms with E-state index in [9.17, 15) is 5.11 Å². The molecular weight excluding hydrogens is 258 g/mol. The first kappa shape index (κ1) is 14.1. The normalized spacial score (nSPS) is 10.6. The van der Waals surface area contributed by atoms with Gasteiger partial charge in [-0.3, -0.25) is 4.98 Å². The van der Waals surface area contributed by atoms with Crippen LogP contribution in [0.5, 0.6) is 5.75 Å². The third kappa shape index (κ3) is 2.82. The molecule has 2 aromatic heterocycles. The van der Waals surface area contributed by atoms with E-state index < -0.39 is 0 Å². The summed E-state index contributed by atoms with van der Waals surface area (Å²) in [7, 11) is 0. The Morgan fingerprint density at radius 3 is 2.67 bits per heavy atom. The van der Waals surface area contributed by atoms with Gasteiger partial charge in [0.2, 0.25) is 0 Å². The SMILES string of the molecule is Cc1ncc(CO)c(/C=N/n2cnnc2)c1O.Cl. The molecule has 0 fully saturated rings. The second-order valence-corrected chi connectivity index (χ2v) is 3.38. The van der Waals surface area contributed by atoms with Crippen LogP contribution in [0.25, 0.3) is 0 Å². The molecule has 2 heterocycles. The molecule has 0 amide bonds. The summed E-state index contributed by atoms with van der Waals surface area (Å²) in [5.74, 6) is 0.00775. The molecule has 0 aliphatic rings. The lowest BCUT2D eigenvalue weighted by molar-refractivity contribution is 0.280. The molecule has 2 aromatic rings. The zero-order valence-corrected chi connectivity index (χ0v) is 10.4. The zero-order valence-electron chi connectivity index (χ0n) is 9.56. The first-order chi connectivity index (χ1) is 8.22. The van der Waals surface area contributed by atoms with Crippen molar-refractivity contribution in [2.45, 2.75) is 13.5 Å². The van der Waals surface area contributed by atoms with E-state index in [0.29, 0.717) is 16.8 Å². The summed E-state index contributed by atoms with van der Waals surface area (Å²) in [6.45, 7) is 1.46. The molecule has 0 aliphatic carbocycles. The summed E-state index contributed by atoms with van der Waals surface area (Å²) < 4.78 is 1.39. The minimum absolute atomic E-state index is 0. The van der Waals surface area contributed by atoms with Crippen LogP contribution in [0.1, 0.15) is 16.8 Å². The number of hydrogen-bond acceptors (Lipinski definition) is 6. The van der Waals surface area contributed by atoms with Crippen LogP contribution in [0, 0.1) is 6.92 Å². The Morgan fingerprint density at radius 2 is 2.06 bits per heavy atom. The quantitative estimate of drug-likeness (QED) is 0.790. The summed E-state index contributed by atoms with van der Waals surface area (Å²) in [5, 5.41) is 30.2. The van der Waals surface area contributed by atoms with Crippen LogP contribution in [-0.2, 0) is 6.61 Å². The molecule has 18 heavy (non-hydrogen) atoms. The van der Waals surface area contributed by atoms with Gasteiger partial charge in [0.25, 0.3) is 0 Å². The molecule has 0 saturated carbocycles. The number of rotatable bonds is 3. The zero-order chi connectivity index (χ0) is 12.3. The maximum absolute atomic E-state index is 9.83. The van der Waals surface area contributed by atoms with E-state index in [0.717, 1.165) is 0 Å². The van der Waals surface area contributed by atoms with Crippen LogP contribution in [0.15, 0.2) is 24.0 Å². The smallest absolute Gasteiger partial charge is 0.145 e. The average Bonchev–Trinajstić information content (AvgIpc) is 2.84. The lowest BCUT2D eigenvalue weighted by Gasteiger charge is -2.06. The van der Waals surface area contributed by atoms with Crippen LogP contribution in [0.3, 0.4) is 0 Å². The molecule has 7 nitrogen and oxygen atoms in total. The van der Waals surface area contributed by atoms with Gasteiger partial charge < -0.3 is 10.2 Å². The summed E-state index contributed by atoms with van der Waals surface area (Å²) in [5.41, 5.74) is 1.42. The molecule has 2 N–H and O–H groups in total. The maximum atomic E-state index is 9.83. The monoisotopic (exact) mass is 269 g/mol. The van der Waals surface area contributed by atoms with E-state index in [2.05, 4.69) is 20.3 Å². The van der Waals surface area contributed by atoms with Crippen LogP contribution < -0.4 is 0 Å². The molecule has 0 aromatic carbocycles. The first-order valence-electron chi connectivity index (χ1n) is 4.89. The van der Waals surface area contributed by atoms with E-state index in [1.165, 1.54) is 29.7 Å². The van der Waals surface area contributed by atoms with Crippen molar-refractivity contribution < 1.29 is 10.2 Å². The van der Waals surface area contributed by atoms with Gasteiger partial charge in [-0.25, -0.2) is 4.68 Å². The fourth-order valence-corrected chi connectivity index (χ4v) is 1.30. The Hall–Kier alpha value is -1.99. The first-order valence-corrected chi connectivity index (χ1v) is 4.89. The highest BCUT2D eigenvalue weighted by atomic mass is 35.5. The third-order valence-electron chi connectivity index (χ3n) is 2.25. The molecule has 8 heteroatoms. The summed E-state index contributed by atoms with van der Waals surface area (Å²) in [6.07, 6.45) is 5.77. The van der Waals surface area contributed by atoms with Gasteiger partial charge in [0.15, 0.2) is 0 Å². The molecule has 0 radical (unpaired) electrons. The molecule has 0 bridgehead atoms. The van der Waals surface area contributed by atoms with Gasteiger partial charge in [0.1, 0.15) is 18.4 Å². The maximum Gasteiger partial charge on any atom is 0.145 e. The Labute approximate surface area is 109 Å². The molecule has 0 unspecified atom stereocenters. The third-order valence-corrected chi connectivity index (χ3v) is 2.25. The van der Waals surface area contributed by atoms with Crippen LogP contribution in [-0.4, -0.2) is 36.3 Å². The number of aryl methyl sites for hydroxylation is 1. The van der Waals surface area contributed by atoms with Gasteiger partial charge in [0.05, 0.1) is 18.5 Å². The van der Waals surface area contributed by atoms with Crippen molar-refractivity contribution in [2.24, 2.45) is 5.10 Å². The largest absolute Gasteiger partial charge is 0.505 e. The lowest BCUT2D eigenvalue weighted by atomic mass is 10.1. The van der Waals surface area contributed by atoms with E-state index in [1.54, 1.807) is 6.92 Å². The summed E-state index contributed by atoms with van der Waals surface area (Å²) in [4.78, 5) is 3.95. The van der Waals surface area contributed by atoms with Crippen LogP contribution in [0.2, 0.25) is 0 Å². The van der Waals surface area contributed by atoms with Gasteiger partial charge in [-0.1, -0.05) is 0 Å². The number of aromatic nitrogens is 4. The van der Waals surface area contributed by atoms with Gasteiger partial charge in [0, 0.05) is 17.3 Å². The Bertz CT molecular complexity index is 541. The minimum Gasteiger partial charge on any atom is -0.505 e. The highest BCUT2D eigenvalue weighted by Gasteiger charge is 2.09. The van der Waals surface area contributed by atoms with Gasteiger partial charge in [-0.2, -0.15) is 5.10 Å². The fourth-order valence-electron chi connectivity index (χ4n) is 1.30. The van der Waals surface area contributed by atoms with Gasteiger partial charge >= 0.3 is 0 Å². The van der Waals surface area contributed by atoms with Crippen LogP contribution in [0.4, 0.5) is 0 Å². The number of pyridine rings is 1. The van der Waals surface area contributed by atoms with Crippen molar-refractivity contribution in [1.29, 1.82) is 0 Å². The highest BCUT2D eigenvalue weighted by molar-refractivity contribution is 5.85. The minimum atomic E-state index is -0.218. The number of hydrogen-bond donors (Lipinski definition) is 2. The average molecular weight is 270 g/mol. The van der Waals surface area contributed by atoms with E-state index in [-0.39, 0.29) is 24.8 Å². The highest BCUT2D eigenvalue weighted by Crippen LogP contribution is 2.21. The standard InChI is InChI=1S/C10H11N5O2.ClH/c1-7-10(17)9(8(4-16)2-11-7)3-14-15-5-12-13-6-15;/h2-3,5-6,16-17H,4H2,1H3;1H/b14-3+;. The number of aromatic hydroxyl groups is 1. The molecular formula is C10H12ClN5O2. The number of halogens is 1.